The van der Waals surface area contributed by atoms with Gasteiger partial charge in [-0.05, 0) is 36.4 Å². The fourth-order valence-corrected chi connectivity index (χ4v) is 6.14. The third kappa shape index (κ3) is 5.15. The monoisotopic (exact) mass is 659 g/mol. The van der Waals surface area contributed by atoms with Gasteiger partial charge in [0.2, 0.25) is 5.62 Å². The molecule has 2 radical (unpaired) electrons. The van der Waals surface area contributed by atoms with E-state index >= 15 is 0 Å². The zero-order chi connectivity index (χ0) is 33.5. The Hall–Kier alpha value is -4.53. The van der Waals surface area contributed by atoms with Crippen LogP contribution < -0.4 is 16.3 Å². The third-order valence-corrected chi connectivity index (χ3v) is 8.01. The number of nitrogens with one attached hydrogen (secondary N) is 3. The van der Waals surface area contributed by atoms with Crippen LogP contribution in [-0.2, 0) is 18.2 Å². The van der Waals surface area contributed by atoms with Crippen LogP contribution in [0.1, 0.15) is 42.1 Å². The Bertz CT molecular complexity index is 2130. The lowest BCUT2D eigenvalue weighted by atomic mass is 9.81. The lowest BCUT2D eigenvalue weighted by molar-refractivity contribution is -0.136. The molecular weight excluding hydrogens is 638 g/mol. The molecule has 0 aliphatic carbocycles. The predicted octanol–water partition coefficient (Wildman–Crippen LogP) is 7.35. The SMILES string of the molecule is [B]C(C)(C)n1c(=N)n(CC(F)F)c2cc(Nc3cnnc4c(C(F)(F)F)cc(F)cc34)c3c(c21)C(=C)NC3c1cc(F)ccc1Cl. The standard InChI is InChI=1S/C30H22BClF7N7/c1-12-23-24(26(42-12)15-6-13(33)4-5-18(15)32)19(9-21-27(23)46(29(2,3)31)28(40)45(21)11-22(35)36)43-20-10-41-44-25-16(20)7-14(34)8-17(25)30(37,38)39/h4-10,22,26,40,42H,1,11H2,2-3H3,(H,43,44). The summed E-state index contributed by atoms with van der Waals surface area (Å²) in [6, 6.07) is 5.32. The minimum Gasteiger partial charge on any atom is -0.374 e. The maximum atomic E-state index is 14.6. The number of benzene rings is 3. The number of rotatable bonds is 6. The van der Waals surface area contributed by atoms with E-state index in [9.17, 15) is 30.7 Å². The van der Waals surface area contributed by atoms with E-state index in [1.54, 1.807) is 13.8 Å². The first kappa shape index (κ1) is 31.5. The van der Waals surface area contributed by atoms with E-state index in [4.69, 9.17) is 24.9 Å². The normalized spacial score (nSPS) is 15.2. The molecule has 16 heteroatoms. The van der Waals surface area contributed by atoms with Crippen LogP contribution in [0.25, 0.3) is 27.6 Å². The Morgan fingerprint density at radius 3 is 2.48 bits per heavy atom. The van der Waals surface area contributed by atoms with Crippen molar-refractivity contribution < 1.29 is 30.7 Å². The van der Waals surface area contributed by atoms with Gasteiger partial charge < -0.3 is 19.8 Å². The maximum absolute atomic E-state index is 14.6. The van der Waals surface area contributed by atoms with Crippen molar-refractivity contribution in [2.45, 2.75) is 44.5 Å². The summed E-state index contributed by atoms with van der Waals surface area (Å²) in [5.41, 5.74) is -2.17. The van der Waals surface area contributed by atoms with Crippen LogP contribution in [-0.4, -0.2) is 33.6 Å². The minimum absolute atomic E-state index is 0.104. The molecule has 0 saturated carbocycles. The van der Waals surface area contributed by atoms with Gasteiger partial charge in [0.15, 0.2) is 0 Å². The van der Waals surface area contributed by atoms with Crippen molar-refractivity contribution in [3.8, 4) is 0 Å². The molecule has 0 bridgehead atoms. The Morgan fingerprint density at radius 1 is 1.11 bits per heavy atom. The van der Waals surface area contributed by atoms with Crippen LogP contribution in [0, 0.1) is 17.0 Å². The van der Waals surface area contributed by atoms with Crippen molar-refractivity contribution in [2.75, 3.05) is 5.32 Å². The Morgan fingerprint density at radius 2 is 1.83 bits per heavy atom. The van der Waals surface area contributed by atoms with E-state index in [0.29, 0.717) is 17.2 Å². The Labute approximate surface area is 262 Å². The smallest absolute Gasteiger partial charge is 0.374 e. The van der Waals surface area contributed by atoms with Crippen LogP contribution in [0.5, 0.6) is 0 Å². The molecule has 0 amide bonds. The van der Waals surface area contributed by atoms with E-state index < -0.39 is 53.3 Å². The molecule has 6 rings (SSSR count). The molecule has 3 heterocycles. The number of hydrogen-bond acceptors (Lipinski definition) is 5. The van der Waals surface area contributed by atoms with Gasteiger partial charge in [-0.1, -0.05) is 32.0 Å². The Balaban J connectivity index is 1.72. The topological polar surface area (TPSA) is 83.6 Å². The zero-order valence-corrected chi connectivity index (χ0v) is 24.8. The second kappa shape index (κ2) is 10.8. The van der Waals surface area contributed by atoms with Crippen LogP contribution in [0.2, 0.25) is 5.02 Å². The molecule has 3 N–H and O–H groups in total. The first-order chi connectivity index (χ1) is 21.5. The van der Waals surface area contributed by atoms with Gasteiger partial charge in [-0.2, -0.15) is 18.3 Å². The second-order valence-electron chi connectivity index (χ2n) is 11.3. The second-order valence-corrected chi connectivity index (χ2v) is 11.8. The van der Waals surface area contributed by atoms with E-state index in [-0.39, 0.29) is 49.7 Å². The van der Waals surface area contributed by atoms with Gasteiger partial charge in [-0.3, -0.25) is 5.41 Å². The van der Waals surface area contributed by atoms with Crippen molar-refractivity contribution in [1.82, 2.24) is 24.6 Å². The van der Waals surface area contributed by atoms with Gasteiger partial charge in [0.25, 0.3) is 6.43 Å². The quantitative estimate of drug-likeness (QED) is 0.132. The molecule has 1 atom stereocenters. The number of imidazole rings is 1. The van der Waals surface area contributed by atoms with Gasteiger partial charge in [0, 0.05) is 43.9 Å². The molecular formula is C30H22BClF7N7. The molecule has 2 aromatic heterocycles. The van der Waals surface area contributed by atoms with E-state index in [0.717, 1.165) is 22.9 Å². The molecule has 0 fully saturated rings. The highest BCUT2D eigenvalue weighted by atomic mass is 35.5. The number of anilines is 2. The van der Waals surface area contributed by atoms with Gasteiger partial charge >= 0.3 is 6.18 Å². The number of fused-ring (bicyclic) bond motifs is 4. The molecule has 5 aromatic rings. The summed E-state index contributed by atoms with van der Waals surface area (Å²) < 4.78 is 101. The molecule has 1 aliphatic rings. The summed E-state index contributed by atoms with van der Waals surface area (Å²) in [5, 5.41) is 22.2. The van der Waals surface area contributed by atoms with Crippen LogP contribution >= 0.6 is 11.6 Å². The molecule has 236 valence electrons. The van der Waals surface area contributed by atoms with Gasteiger partial charge in [0.05, 0.1) is 41.1 Å². The molecule has 1 unspecified atom stereocenters. The number of hydrogen-bond donors (Lipinski definition) is 3. The highest BCUT2D eigenvalue weighted by molar-refractivity contribution is 6.31. The lowest BCUT2D eigenvalue weighted by Crippen LogP contribution is -2.38. The predicted molar refractivity (Wildman–Crippen MR) is 160 cm³/mol. The van der Waals surface area contributed by atoms with Gasteiger partial charge in [-0.25, -0.2) is 17.6 Å². The van der Waals surface area contributed by atoms with E-state index in [1.165, 1.54) is 22.8 Å². The number of nitrogens with zero attached hydrogens (tertiary/aromatic N) is 4. The summed E-state index contributed by atoms with van der Waals surface area (Å²) >= 11 is 6.50. The fraction of sp³-hybridized carbons (Fsp3) is 0.233. The van der Waals surface area contributed by atoms with Crippen LogP contribution in [0.4, 0.5) is 42.1 Å². The molecule has 46 heavy (non-hydrogen) atoms. The molecule has 0 spiro atoms. The summed E-state index contributed by atoms with van der Waals surface area (Å²) in [6.45, 7) is 6.35. The van der Waals surface area contributed by atoms with Crippen molar-refractivity contribution in [3.63, 3.8) is 0 Å². The van der Waals surface area contributed by atoms with Crippen LogP contribution in [0.3, 0.4) is 0 Å². The van der Waals surface area contributed by atoms with E-state index in [2.05, 4.69) is 27.4 Å². The van der Waals surface area contributed by atoms with Gasteiger partial charge in [-0.15, -0.1) is 5.10 Å². The molecule has 3 aromatic carbocycles. The van der Waals surface area contributed by atoms with Crippen molar-refractivity contribution >= 4 is 58.5 Å². The summed E-state index contributed by atoms with van der Waals surface area (Å²) in [6.07, 6.45) is -6.76. The highest BCUT2D eigenvalue weighted by Crippen LogP contribution is 2.48. The minimum atomic E-state index is -4.96. The largest absolute Gasteiger partial charge is 0.418 e. The van der Waals surface area contributed by atoms with Crippen LogP contribution in [0.15, 0.2) is 49.2 Å². The van der Waals surface area contributed by atoms with Crippen molar-refractivity contribution in [3.05, 3.63) is 93.7 Å². The van der Waals surface area contributed by atoms with Gasteiger partial charge in [0.1, 0.15) is 25.0 Å². The average Bonchev–Trinajstić information content (AvgIpc) is 3.43. The summed E-state index contributed by atoms with van der Waals surface area (Å²) in [7, 11) is 6.45. The van der Waals surface area contributed by atoms with Crippen molar-refractivity contribution in [2.24, 2.45) is 0 Å². The first-order valence-electron chi connectivity index (χ1n) is 13.6. The fourth-order valence-electron chi connectivity index (χ4n) is 5.91. The number of alkyl halides is 5. The molecule has 0 saturated heterocycles. The third-order valence-electron chi connectivity index (χ3n) is 7.66. The highest BCUT2D eigenvalue weighted by Gasteiger charge is 2.38. The number of halogens is 8. The first-order valence-corrected chi connectivity index (χ1v) is 14.0. The maximum Gasteiger partial charge on any atom is 0.418 e. The molecule has 7 nitrogen and oxygen atoms in total. The average molecular weight is 660 g/mol. The Kier molecular flexibility index (Phi) is 7.37. The number of aromatic nitrogens is 4. The van der Waals surface area contributed by atoms with E-state index in [1.807, 2.05) is 0 Å². The van der Waals surface area contributed by atoms with Crippen molar-refractivity contribution in [1.29, 1.82) is 5.41 Å². The lowest BCUT2D eigenvalue weighted by Gasteiger charge is -2.24. The summed E-state index contributed by atoms with van der Waals surface area (Å²) in [4.78, 5) is 0. The summed E-state index contributed by atoms with van der Waals surface area (Å²) in [5.74, 6) is -1.81. The molecule has 1 aliphatic heterocycles. The zero-order valence-electron chi connectivity index (χ0n) is 24.0.